The molecule has 0 unspecified atom stereocenters. The molecule has 5 heterocycles. The summed E-state index contributed by atoms with van der Waals surface area (Å²) in [6, 6.07) is 0. The van der Waals surface area contributed by atoms with Gasteiger partial charge in [-0.3, -0.25) is 4.99 Å². The molecule has 2 N–H and O–H groups in total. The van der Waals surface area contributed by atoms with Crippen LogP contribution in [-0.2, 0) is 16.0 Å². The average molecular weight is 537 g/mol. The minimum Gasteiger partial charge on any atom is -0.512 e. The van der Waals surface area contributed by atoms with Crippen LogP contribution in [0.25, 0.3) is 12.2 Å². The molecule has 1 aliphatic carbocycles. The Labute approximate surface area is 235 Å². The van der Waals surface area contributed by atoms with Crippen molar-refractivity contribution in [1.82, 2.24) is 4.98 Å². The topological polar surface area (TPSA) is 99.4 Å². The lowest BCUT2D eigenvalue weighted by Gasteiger charge is -2.25. The number of nitrogens with zero attached hydrogens (tertiary/aromatic N) is 3. The minimum atomic E-state index is -0.472. The number of rotatable bonds is 3. The Bertz CT molecular complexity index is 1660. The molecule has 1 aromatic rings. The van der Waals surface area contributed by atoms with E-state index >= 15 is 0 Å². The number of allylic oxidation sites excluding steroid dienone is 7. The van der Waals surface area contributed by atoms with Crippen LogP contribution in [0, 0.1) is 18.8 Å². The molecule has 0 saturated carbocycles. The van der Waals surface area contributed by atoms with E-state index in [1.165, 1.54) is 18.2 Å². The molecule has 8 bridgehead atoms. The van der Waals surface area contributed by atoms with E-state index in [1.54, 1.807) is 0 Å². The molecular weight excluding hydrogens is 500 g/mol. The second-order valence-electron chi connectivity index (χ2n) is 11.2. The van der Waals surface area contributed by atoms with E-state index in [0.29, 0.717) is 34.5 Å². The quantitative estimate of drug-likeness (QED) is 0.411. The number of aliphatic hydroxyl groups excluding tert-OH is 1. The predicted octanol–water partition coefficient (Wildman–Crippen LogP) is 6.90. The van der Waals surface area contributed by atoms with Gasteiger partial charge in [0.25, 0.3) is 0 Å². The summed E-state index contributed by atoms with van der Waals surface area (Å²) >= 11 is 0. The Balaban J connectivity index is 1.69. The highest BCUT2D eigenvalue weighted by molar-refractivity contribution is 6.40. The number of fused-ring (bicyclic) bond motifs is 6. The largest absolute Gasteiger partial charge is 0.512 e. The average Bonchev–Trinajstić information content (AvgIpc) is 3.61. The van der Waals surface area contributed by atoms with Crippen LogP contribution in [0.2, 0.25) is 0 Å². The van der Waals surface area contributed by atoms with Crippen molar-refractivity contribution in [3.8, 4) is 0 Å². The molecule has 5 aliphatic rings. The Morgan fingerprint density at radius 2 is 1.77 bits per heavy atom. The zero-order valence-electron chi connectivity index (χ0n) is 24.3. The number of ether oxygens (including phenoxy) is 1. The van der Waals surface area contributed by atoms with E-state index in [4.69, 9.17) is 19.7 Å². The molecule has 40 heavy (non-hydrogen) atoms. The molecule has 7 heteroatoms. The van der Waals surface area contributed by atoms with Gasteiger partial charge in [0.2, 0.25) is 0 Å². The first-order valence-corrected chi connectivity index (χ1v) is 14.2. The van der Waals surface area contributed by atoms with Gasteiger partial charge in [-0.25, -0.2) is 14.8 Å². The summed E-state index contributed by atoms with van der Waals surface area (Å²) in [6.07, 6.45) is 9.30. The zero-order valence-corrected chi connectivity index (χ0v) is 24.3. The van der Waals surface area contributed by atoms with Gasteiger partial charge in [-0.15, -0.1) is 0 Å². The maximum Gasteiger partial charge on any atom is 0.340 e. The van der Waals surface area contributed by atoms with E-state index < -0.39 is 5.97 Å². The molecule has 7 nitrogen and oxygen atoms in total. The maximum atomic E-state index is 13.1. The number of aliphatic hydroxyl groups is 1. The molecular formula is C33H36N4O3. The van der Waals surface area contributed by atoms with Gasteiger partial charge in [0.15, 0.2) is 0 Å². The Morgan fingerprint density at radius 3 is 2.48 bits per heavy atom. The molecule has 0 radical (unpaired) electrons. The molecule has 2 atom stereocenters. The van der Waals surface area contributed by atoms with Crippen LogP contribution >= 0.6 is 0 Å². The number of hydrogen-bond acceptors (Lipinski definition) is 6. The minimum absolute atomic E-state index is 0.128. The lowest BCUT2D eigenvalue weighted by molar-refractivity contribution is -0.135. The summed E-state index contributed by atoms with van der Waals surface area (Å²) in [5.41, 5.74) is 13.2. The van der Waals surface area contributed by atoms with Gasteiger partial charge in [0.1, 0.15) is 5.76 Å². The van der Waals surface area contributed by atoms with Gasteiger partial charge in [-0.2, -0.15) is 0 Å². The third-order valence-corrected chi connectivity index (χ3v) is 9.15. The highest BCUT2D eigenvalue weighted by atomic mass is 16.5. The number of carbonyl (C=O) groups is 1. The molecule has 206 valence electrons. The highest BCUT2D eigenvalue weighted by Gasteiger charge is 2.43. The van der Waals surface area contributed by atoms with Gasteiger partial charge >= 0.3 is 5.97 Å². The van der Waals surface area contributed by atoms with E-state index in [9.17, 15) is 9.90 Å². The number of H-pyrrole nitrogens is 1. The van der Waals surface area contributed by atoms with Crippen molar-refractivity contribution in [3.05, 3.63) is 79.3 Å². The van der Waals surface area contributed by atoms with Crippen LogP contribution in [0.15, 0.2) is 71.8 Å². The molecule has 0 amide bonds. The van der Waals surface area contributed by atoms with Crippen molar-refractivity contribution in [3.63, 3.8) is 0 Å². The van der Waals surface area contributed by atoms with Gasteiger partial charge in [0, 0.05) is 35.3 Å². The van der Waals surface area contributed by atoms with E-state index in [1.807, 2.05) is 13.0 Å². The molecule has 0 spiro atoms. The lowest BCUT2D eigenvalue weighted by Crippen LogP contribution is -2.29. The van der Waals surface area contributed by atoms with Crippen molar-refractivity contribution in [2.75, 3.05) is 7.11 Å². The predicted molar refractivity (Wildman–Crippen MR) is 160 cm³/mol. The van der Waals surface area contributed by atoms with Gasteiger partial charge < -0.3 is 14.8 Å². The third-order valence-electron chi connectivity index (χ3n) is 9.15. The maximum absolute atomic E-state index is 13.1. The first-order chi connectivity index (χ1) is 19.2. The Morgan fingerprint density at radius 1 is 1.02 bits per heavy atom. The number of methoxy groups -OCH3 is 1. The summed E-state index contributed by atoms with van der Waals surface area (Å²) in [6.45, 7) is 12.7. The SMILES string of the molecule is CCC1=C(C)C2=Cc3[nH]c(c(C)c3CC)C=C3N=C4C(=C(O)CC[C@H]4[C@@H]3C)C3=NC(=CC1=N2)C(C)=C3C(=O)OC. The fraction of sp³-hybridized carbons (Fsp3) is 0.394. The lowest BCUT2D eigenvalue weighted by atomic mass is 9.77. The summed E-state index contributed by atoms with van der Waals surface area (Å²) in [5, 5.41) is 11.3. The molecule has 6 rings (SSSR count). The van der Waals surface area contributed by atoms with Crippen molar-refractivity contribution in [1.29, 1.82) is 0 Å². The fourth-order valence-electron chi connectivity index (χ4n) is 6.77. The standard InChI is InChI=1S/C33H36N4O3/c1-8-19-15(3)22-12-24-17(5)21-10-11-28(38)30(31(21)36-24)32-29(33(39)40-7)18(6)25(37-32)14-27-20(9-2)16(4)23(35-27)13-26(19)34-22/h12-14,17,21,34,38H,8-11H2,1-7H3/t17-,21-/m0/s1. The van der Waals surface area contributed by atoms with Crippen LogP contribution < -0.4 is 0 Å². The van der Waals surface area contributed by atoms with Crippen LogP contribution in [0.4, 0.5) is 0 Å². The number of carbonyl (C=O) groups excluding carboxylic acids is 1. The molecule has 0 aromatic carbocycles. The molecule has 0 saturated heterocycles. The first kappa shape index (κ1) is 26.2. The number of aromatic nitrogens is 1. The van der Waals surface area contributed by atoms with E-state index in [0.717, 1.165) is 64.6 Å². The van der Waals surface area contributed by atoms with Crippen LogP contribution in [-0.4, -0.2) is 40.3 Å². The Hall–Kier alpha value is -4.00. The van der Waals surface area contributed by atoms with Crippen LogP contribution in [0.3, 0.4) is 0 Å². The summed E-state index contributed by atoms with van der Waals surface area (Å²) < 4.78 is 5.21. The van der Waals surface area contributed by atoms with Gasteiger partial charge in [-0.05, 0) is 86.1 Å². The highest BCUT2D eigenvalue weighted by Crippen LogP contribution is 2.44. The summed E-state index contributed by atoms with van der Waals surface area (Å²) in [7, 11) is 1.38. The molecule has 0 fully saturated rings. The Kier molecular flexibility index (Phi) is 6.28. The van der Waals surface area contributed by atoms with Gasteiger partial charge in [0.05, 0.1) is 46.8 Å². The van der Waals surface area contributed by atoms with Crippen LogP contribution in [0.1, 0.15) is 76.4 Å². The number of hydrogen-bond donors (Lipinski definition) is 2. The second-order valence-corrected chi connectivity index (χ2v) is 11.2. The number of nitrogens with one attached hydrogen (secondary N) is 1. The zero-order chi connectivity index (χ0) is 28.5. The number of aliphatic imine (C=N–C) groups is 3. The first-order valence-electron chi connectivity index (χ1n) is 14.2. The van der Waals surface area contributed by atoms with Crippen molar-refractivity contribution >= 4 is 35.3 Å². The van der Waals surface area contributed by atoms with E-state index in [-0.39, 0.29) is 17.6 Å². The monoisotopic (exact) mass is 536 g/mol. The summed E-state index contributed by atoms with van der Waals surface area (Å²) in [5.74, 6) is 0.0349. The molecule has 4 aliphatic heterocycles. The van der Waals surface area contributed by atoms with Gasteiger partial charge in [-0.1, -0.05) is 20.8 Å². The normalized spacial score (nSPS) is 23.7. The third kappa shape index (κ3) is 3.78. The number of esters is 1. The number of aromatic amines is 1. The second kappa shape index (κ2) is 9.58. The van der Waals surface area contributed by atoms with Crippen molar-refractivity contribution < 1.29 is 14.6 Å². The van der Waals surface area contributed by atoms with E-state index in [2.05, 4.69) is 51.8 Å². The summed E-state index contributed by atoms with van der Waals surface area (Å²) in [4.78, 5) is 32.0. The van der Waals surface area contributed by atoms with Crippen molar-refractivity contribution in [2.24, 2.45) is 26.8 Å². The fourth-order valence-corrected chi connectivity index (χ4v) is 6.77. The van der Waals surface area contributed by atoms with Crippen molar-refractivity contribution in [2.45, 2.75) is 67.2 Å². The van der Waals surface area contributed by atoms with Crippen LogP contribution in [0.5, 0.6) is 0 Å². The smallest absolute Gasteiger partial charge is 0.340 e. The molecule has 1 aromatic heterocycles.